The zero-order chi connectivity index (χ0) is 13.7. The van der Waals surface area contributed by atoms with Crippen molar-refractivity contribution < 1.29 is 8.42 Å². The molecule has 106 valence electrons. The SMILES string of the molecule is NNc1cccnc1S(=O)(=O)NCC1CCSCC1. The smallest absolute Gasteiger partial charge is 0.260 e. The molecule has 2 rings (SSSR count). The maximum Gasteiger partial charge on any atom is 0.260 e. The average Bonchev–Trinajstić information content (AvgIpc) is 2.46. The number of nitrogens with one attached hydrogen (secondary N) is 2. The van der Waals surface area contributed by atoms with Gasteiger partial charge in [0.1, 0.15) is 0 Å². The van der Waals surface area contributed by atoms with E-state index >= 15 is 0 Å². The Morgan fingerprint density at radius 1 is 1.42 bits per heavy atom. The molecule has 0 unspecified atom stereocenters. The number of sulfonamides is 1. The number of nitrogens with two attached hydrogens (primary N) is 1. The van der Waals surface area contributed by atoms with Gasteiger partial charge >= 0.3 is 0 Å². The molecule has 19 heavy (non-hydrogen) atoms. The van der Waals surface area contributed by atoms with E-state index in [0.717, 1.165) is 24.3 Å². The Balaban J connectivity index is 2.05. The Hall–Kier alpha value is -0.830. The Kier molecular flexibility index (Phi) is 5.03. The van der Waals surface area contributed by atoms with Crippen LogP contribution in [0.1, 0.15) is 12.8 Å². The summed E-state index contributed by atoms with van der Waals surface area (Å²) in [7, 11) is -3.61. The van der Waals surface area contributed by atoms with Gasteiger partial charge in [-0.1, -0.05) is 0 Å². The summed E-state index contributed by atoms with van der Waals surface area (Å²) in [6.07, 6.45) is 3.54. The Morgan fingerprint density at radius 3 is 2.84 bits per heavy atom. The number of thioether (sulfide) groups is 1. The second-order valence-electron chi connectivity index (χ2n) is 4.41. The number of hydrogen-bond donors (Lipinski definition) is 3. The lowest BCUT2D eigenvalue weighted by atomic mass is 10.0. The van der Waals surface area contributed by atoms with Crippen LogP contribution in [-0.4, -0.2) is 31.5 Å². The lowest BCUT2D eigenvalue weighted by molar-refractivity contribution is 0.476. The first-order valence-corrected chi connectivity index (χ1v) is 8.76. The predicted molar refractivity (Wildman–Crippen MR) is 77.3 cm³/mol. The normalized spacial score (nSPS) is 17.3. The van der Waals surface area contributed by atoms with Crippen LogP contribution >= 0.6 is 11.8 Å². The maximum atomic E-state index is 12.2. The number of hydrogen-bond acceptors (Lipinski definition) is 6. The molecule has 1 saturated heterocycles. The van der Waals surface area contributed by atoms with Gasteiger partial charge in [-0.25, -0.2) is 18.1 Å². The van der Waals surface area contributed by atoms with E-state index in [-0.39, 0.29) is 5.03 Å². The van der Waals surface area contributed by atoms with Crippen LogP contribution < -0.4 is 16.0 Å². The van der Waals surface area contributed by atoms with Crippen LogP contribution in [0.25, 0.3) is 0 Å². The molecule has 1 aromatic heterocycles. The topological polar surface area (TPSA) is 97.1 Å². The summed E-state index contributed by atoms with van der Waals surface area (Å²) in [5.74, 6) is 7.92. The number of hydrazine groups is 1. The van der Waals surface area contributed by atoms with Gasteiger partial charge in [0.15, 0.2) is 5.03 Å². The van der Waals surface area contributed by atoms with E-state index in [1.165, 1.54) is 6.20 Å². The molecule has 0 radical (unpaired) electrons. The van der Waals surface area contributed by atoms with Crippen molar-refractivity contribution in [1.82, 2.24) is 9.71 Å². The minimum Gasteiger partial charge on any atom is -0.321 e. The molecule has 2 heterocycles. The van der Waals surface area contributed by atoms with Crippen molar-refractivity contribution in [2.45, 2.75) is 17.9 Å². The fourth-order valence-corrected chi connectivity index (χ4v) is 4.37. The van der Waals surface area contributed by atoms with Crippen molar-refractivity contribution in [3.05, 3.63) is 18.3 Å². The van der Waals surface area contributed by atoms with Crippen molar-refractivity contribution in [1.29, 1.82) is 0 Å². The molecule has 0 amide bonds. The number of nitrogens with zero attached hydrogens (tertiary/aromatic N) is 1. The van der Waals surface area contributed by atoms with E-state index in [4.69, 9.17) is 5.84 Å². The van der Waals surface area contributed by atoms with Crippen LogP contribution in [0.5, 0.6) is 0 Å². The Labute approximate surface area is 117 Å². The second kappa shape index (κ2) is 6.56. The summed E-state index contributed by atoms with van der Waals surface area (Å²) in [5.41, 5.74) is 2.65. The van der Waals surface area contributed by atoms with Gasteiger partial charge in [-0.15, -0.1) is 0 Å². The molecule has 4 N–H and O–H groups in total. The molecule has 1 aliphatic rings. The van der Waals surface area contributed by atoms with Crippen molar-refractivity contribution in [3.8, 4) is 0 Å². The number of nitrogen functional groups attached to an aromatic ring is 1. The Bertz CT molecular complexity index is 515. The van der Waals surface area contributed by atoms with Gasteiger partial charge in [0.05, 0.1) is 5.69 Å². The van der Waals surface area contributed by atoms with Crippen molar-refractivity contribution in [2.24, 2.45) is 11.8 Å². The van der Waals surface area contributed by atoms with Gasteiger partial charge < -0.3 is 5.43 Å². The van der Waals surface area contributed by atoms with Gasteiger partial charge in [-0.3, -0.25) is 5.84 Å². The van der Waals surface area contributed by atoms with Crippen LogP contribution in [0.15, 0.2) is 23.4 Å². The molecule has 1 fully saturated rings. The third-order valence-corrected chi connectivity index (χ3v) is 5.51. The molecule has 0 atom stereocenters. The lowest BCUT2D eigenvalue weighted by Crippen LogP contribution is -2.32. The van der Waals surface area contributed by atoms with Crippen LogP contribution in [-0.2, 0) is 10.0 Å². The van der Waals surface area contributed by atoms with E-state index < -0.39 is 10.0 Å². The molecule has 1 aliphatic heterocycles. The fraction of sp³-hybridized carbons (Fsp3) is 0.545. The molecule has 0 saturated carbocycles. The fourth-order valence-electron chi connectivity index (χ4n) is 1.96. The van der Waals surface area contributed by atoms with Gasteiger partial charge in [0, 0.05) is 12.7 Å². The molecule has 0 spiro atoms. The molecule has 0 aromatic carbocycles. The van der Waals surface area contributed by atoms with Gasteiger partial charge in [0.2, 0.25) is 0 Å². The highest BCUT2D eigenvalue weighted by Crippen LogP contribution is 2.23. The molecule has 6 nitrogen and oxygen atoms in total. The number of anilines is 1. The first-order valence-electron chi connectivity index (χ1n) is 6.12. The van der Waals surface area contributed by atoms with Crippen molar-refractivity contribution in [3.63, 3.8) is 0 Å². The molecule has 8 heteroatoms. The third kappa shape index (κ3) is 3.82. The predicted octanol–water partition coefficient (Wildman–Crippen LogP) is 0.789. The quantitative estimate of drug-likeness (QED) is 0.549. The summed E-state index contributed by atoms with van der Waals surface area (Å²) >= 11 is 1.92. The van der Waals surface area contributed by atoms with Crippen LogP contribution in [0, 0.1) is 5.92 Å². The minimum atomic E-state index is -3.61. The van der Waals surface area contributed by atoms with E-state index in [2.05, 4.69) is 15.1 Å². The van der Waals surface area contributed by atoms with E-state index in [1.807, 2.05) is 11.8 Å². The number of aromatic nitrogens is 1. The molecule has 1 aromatic rings. The lowest BCUT2D eigenvalue weighted by Gasteiger charge is -2.21. The summed E-state index contributed by atoms with van der Waals surface area (Å²) in [6, 6.07) is 3.21. The number of rotatable bonds is 5. The van der Waals surface area contributed by atoms with E-state index in [1.54, 1.807) is 12.1 Å². The Morgan fingerprint density at radius 2 is 2.16 bits per heavy atom. The van der Waals surface area contributed by atoms with E-state index in [9.17, 15) is 8.42 Å². The minimum absolute atomic E-state index is 0.0531. The molecule has 0 bridgehead atoms. The third-order valence-electron chi connectivity index (χ3n) is 3.08. The summed E-state index contributed by atoms with van der Waals surface area (Å²) in [4.78, 5) is 3.89. The first-order chi connectivity index (χ1) is 9.13. The zero-order valence-corrected chi connectivity index (χ0v) is 12.1. The monoisotopic (exact) mass is 302 g/mol. The maximum absolute atomic E-state index is 12.2. The van der Waals surface area contributed by atoms with Gasteiger partial charge in [0.25, 0.3) is 10.0 Å². The highest BCUT2D eigenvalue weighted by molar-refractivity contribution is 7.99. The number of pyridine rings is 1. The molecular formula is C11H18N4O2S2. The van der Waals surface area contributed by atoms with Crippen LogP contribution in [0.3, 0.4) is 0 Å². The molecule has 0 aliphatic carbocycles. The highest BCUT2D eigenvalue weighted by atomic mass is 32.2. The second-order valence-corrected chi connectivity index (χ2v) is 7.32. The van der Waals surface area contributed by atoms with Gasteiger partial charge in [-0.05, 0) is 42.4 Å². The summed E-state index contributed by atoms with van der Waals surface area (Å²) in [5, 5.41) is -0.0531. The van der Waals surface area contributed by atoms with Crippen LogP contribution in [0.4, 0.5) is 5.69 Å². The summed E-state index contributed by atoms with van der Waals surface area (Å²) < 4.78 is 27.0. The highest BCUT2D eigenvalue weighted by Gasteiger charge is 2.22. The van der Waals surface area contributed by atoms with E-state index in [0.29, 0.717) is 18.2 Å². The first kappa shape index (κ1) is 14.6. The zero-order valence-electron chi connectivity index (χ0n) is 10.5. The largest absolute Gasteiger partial charge is 0.321 e. The van der Waals surface area contributed by atoms with Crippen LogP contribution in [0.2, 0.25) is 0 Å². The summed E-state index contributed by atoms with van der Waals surface area (Å²) in [6.45, 7) is 0.462. The molecular weight excluding hydrogens is 284 g/mol. The van der Waals surface area contributed by atoms with Gasteiger partial charge in [-0.2, -0.15) is 11.8 Å². The van der Waals surface area contributed by atoms with Crippen molar-refractivity contribution in [2.75, 3.05) is 23.5 Å². The van der Waals surface area contributed by atoms with Crippen molar-refractivity contribution >= 4 is 27.5 Å². The standard InChI is InChI=1S/C11H18N4O2S2/c12-15-10-2-1-5-13-11(10)19(16,17)14-8-9-3-6-18-7-4-9/h1-2,5,9,14-15H,3-4,6-8,12H2. The average molecular weight is 302 g/mol.